The summed E-state index contributed by atoms with van der Waals surface area (Å²) in [4.78, 5) is 38.6. The fourth-order valence-electron chi connectivity index (χ4n) is 3.95. The highest BCUT2D eigenvalue weighted by Gasteiger charge is 2.57. The average molecular weight is 568 g/mol. The molecule has 0 amide bonds. The summed E-state index contributed by atoms with van der Waals surface area (Å²) in [5.41, 5.74) is -3.68. The third kappa shape index (κ3) is 6.93. The van der Waals surface area contributed by atoms with Crippen molar-refractivity contribution in [3.8, 4) is 5.75 Å². The van der Waals surface area contributed by atoms with E-state index in [0.29, 0.717) is 0 Å². The molecule has 0 aliphatic carbocycles. The predicted molar refractivity (Wildman–Crippen MR) is 140 cm³/mol. The number of esters is 1. The second kappa shape index (κ2) is 12.4. The molecule has 14 heteroatoms. The van der Waals surface area contributed by atoms with Gasteiger partial charge >= 0.3 is 19.4 Å². The van der Waals surface area contributed by atoms with E-state index in [1.807, 2.05) is 0 Å². The Hall–Kier alpha value is -3.06. The molecule has 0 radical (unpaired) electrons. The number of hydrogen-bond donors (Lipinski definition) is 4. The Morgan fingerprint density at radius 3 is 2.51 bits per heavy atom. The first-order valence-electron chi connectivity index (χ1n) is 12.3. The Kier molecular flexibility index (Phi) is 9.70. The zero-order valence-corrected chi connectivity index (χ0v) is 23.0. The minimum absolute atomic E-state index is 0.0601. The maximum atomic E-state index is 13.9. The summed E-state index contributed by atoms with van der Waals surface area (Å²) in [6.07, 6.45) is -3.67. The van der Waals surface area contributed by atoms with Crippen molar-refractivity contribution >= 4 is 13.7 Å². The van der Waals surface area contributed by atoms with E-state index in [4.69, 9.17) is 18.5 Å². The van der Waals surface area contributed by atoms with Gasteiger partial charge in [0.1, 0.15) is 24.0 Å². The van der Waals surface area contributed by atoms with Crippen LogP contribution in [-0.2, 0) is 23.4 Å². The molecule has 6 atom stereocenters. The standard InChI is InChI=1S/C25H34N3O10P/c1-6-18(22(31)36-16(4)5)27-39(34,38-17-10-8-7-9-11-17)35-14-19-21(30)25(33,15(2)3)23(37-19)28-13-12-20(29)26-24(28)32/h7-13,16,18-19,21,23,30,33H,2,6,14H2,1,3-5H3,(H,27,34)(H,26,29,32)/t18-,19+,21+,23+,25+,39?/m0/s1. The van der Waals surface area contributed by atoms with Crippen LogP contribution in [0, 0.1) is 0 Å². The number of rotatable bonds is 12. The average Bonchev–Trinajstić information content (AvgIpc) is 3.12. The molecule has 1 aliphatic heterocycles. The van der Waals surface area contributed by atoms with Crippen LogP contribution in [0.2, 0.25) is 0 Å². The maximum Gasteiger partial charge on any atom is 0.459 e. The topological polar surface area (TPSA) is 178 Å². The van der Waals surface area contributed by atoms with E-state index in [9.17, 15) is 29.2 Å². The van der Waals surface area contributed by atoms with Crippen LogP contribution in [0.25, 0.3) is 0 Å². The minimum Gasteiger partial charge on any atom is -0.462 e. The van der Waals surface area contributed by atoms with Gasteiger partial charge in [0.05, 0.1) is 12.7 Å². The first-order valence-corrected chi connectivity index (χ1v) is 13.9. The van der Waals surface area contributed by atoms with E-state index in [0.717, 1.165) is 16.8 Å². The minimum atomic E-state index is -4.33. The summed E-state index contributed by atoms with van der Waals surface area (Å²) in [5.74, 6) is -0.497. The molecule has 4 N–H and O–H groups in total. The van der Waals surface area contributed by atoms with Crippen molar-refractivity contribution in [2.75, 3.05) is 6.61 Å². The van der Waals surface area contributed by atoms with Crippen molar-refractivity contribution in [1.82, 2.24) is 14.6 Å². The van der Waals surface area contributed by atoms with Crippen LogP contribution in [0.1, 0.15) is 40.3 Å². The van der Waals surface area contributed by atoms with Gasteiger partial charge in [-0.1, -0.05) is 31.7 Å². The Balaban J connectivity index is 1.89. The van der Waals surface area contributed by atoms with Gasteiger partial charge in [-0.3, -0.25) is 23.7 Å². The van der Waals surface area contributed by atoms with Crippen molar-refractivity contribution in [1.29, 1.82) is 0 Å². The van der Waals surface area contributed by atoms with E-state index in [1.54, 1.807) is 39.0 Å². The number of aromatic amines is 1. The number of nitrogens with zero attached hydrogens (tertiary/aromatic N) is 1. The van der Waals surface area contributed by atoms with Crippen LogP contribution >= 0.6 is 7.75 Å². The predicted octanol–water partition coefficient (Wildman–Crippen LogP) is 1.63. The molecule has 1 unspecified atom stereocenters. The molecule has 1 aromatic heterocycles. The molecule has 3 rings (SSSR count). The van der Waals surface area contributed by atoms with E-state index in [-0.39, 0.29) is 17.7 Å². The summed E-state index contributed by atoms with van der Waals surface area (Å²) < 4.78 is 37.0. The van der Waals surface area contributed by atoms with Crippen LogP contribution in [0.4, 0.5) is 0 Å². The molecule has 2 aromatic rings. The van der Waals surface area contributed by atoms with Crippen molar-refractivity contribution in [2.45, 2.75) is 70.3 Å². The lowest BCUT2D eigenvalue weighted by Gasteiger charge is -2.32. The first-order chi connectivity index (χ1) is 18.3. The van der Waals surface area contributed by atoms with Gasteiger partial charge in [0, 0.05) is 12.3 Å². The zero-order chi connectivity index (χ0) is 29.0. The number of aliphatic hydroxyl groups excluding tert-OH is 1. The normalized spacial score (nSPS) is 25.2. The molecule has 0 saturated carbocycles. The largest absolute Gasteiger partial charge is 0.462 e. The number of benzene rings is 1. The molecule has 1 aliphatic rings. The summed E-state index contributed by atoms with van der Waals surface area (Å²) in [5, 5.41) is 25.0. The second-order valence-electron chi connectivity index (χ2n) is 9.37. The van der Waals surface area contributed by atoms with Crippen LogP contribution < -0.4 is 20.9 Å². The fourth-order valence-corrected chi connectivity index (χ4v) is 5.55. The second-order valence-corrected chi connectivity index (χ2v) is 11.1. The number of aliphatic hydroxyl groups is 2. The molecule has 1 fully saturated rings. The van der Waals surface area contributed by atoms with Gasteiger partial charge < -0.3 is 24.2 Å². The van der Waals surface area contributed by atoms with Crippen LogP contribution in [0.15, 0.2) is 64.3 Å². The maximum absolute atomic E-state index is 13.9. The van der Waals surface area contributed by atoms with Crippen LogP contribution in [0.3, 0.4) is 0 Å². The Bertz CT molecular complexity index is 1330. The Morgan fingerprint density at radius 1 is 1.28 bits per heavy atom. The number of carbonyl (C=O) groups is 1. The number of aromatic nitrogens is 2. The number of hydrogen-bond acceptors (Lipinski definition) is 10. The van der Waals surface area contributed by atoms with Crippen LogP contribution in [-0.4, -0.2) is 62.3 Å². The lowest BCUT2D eigenvalue weighted by atomic mass is 9.87. The van der Waals surface area contributed by atoms with Crippen molar-refractivity contribution < 1.29 is 38.1 Å². The lowest BCUT2D eigenvalue weighted by molar-refractivity contribution is -0.149. The highest BCUT2D eigenvalue weighted by atomic mass is 31.2. The van der Waals surface area contributed by atoms with Crippen molar-refractivity contribution in [2.24, 2.45) is 0 Å². The van der Waals surface area contributed by atoms with E-state index >= 15 is 0 Å². The van der Waals surface area contributed by atoms with Crippen LogP contribution in [0.5, 0.6) is 5.75 Å². The monoisotopic (exact) mass is 567 g/mol. The lowest BCUT2D eigenvalue weighted by Crippen LogP contribution is -2.50. The van der Waals surface area contributed by atoms with Crippen molar-refractivity contribution in [3.63, 3.8) is 0 Å². The number of para-hydroxylation sites is 1. The quantitative estimate of drug-likeness (QED) is 0.166. The number of ether oxygens (including phenoxy) is 2. The number of H-pyrrole nitrogens is 1. The van der Waals surface area contributed by atoms with Gasteiger partial charge in [0.15, 0.2) is 11.8 Å². The molecule has 214 valence electrons. The van der Waals surface area contributed by atoms with Gasteiger partial charge in [0.2, 0.25) is 0 Å². The van der Waals surface area contributed by atoms with Gasteiger partial charge in [-0.2, -0.15) is 5.09 Å². The van der Waals surface area contributed by atoms with E-state index in [1.165, 1.54) is 19.1 Å². The molecule has 1 aromatic carbocycles. The van der Waals surface area contributed by atoms with Gasteiger partial charge in [-0.05, 0) is 44.9 Å². The highest BCUT2D eigenvalue weighted by Crippen LogP contribution is 2.48. The highest BCUT2D eigenvalue weighted by molar-refractivity contribution is 7.52. The molecule has 13 nitrogen and oxygen atoms in total. The Morgan fingerprint density at radius 2 is 1.95 bits per heavy atom. The van der Waals surface area contributed by atoms with Gasteiger partial charge in [0.25, 0.3) is 5.56 Å². The van der Waals surface area contributed by atoms with Gasteiger partial charge in [-0.25, -0.2) is 9.36 Å². The van der Waals surface area contributed by atoms with Crippen molar-refractivity contribution in [3.05, 3.63) is 75.6 Å². The molecular weight excluding hydrogens is 533 g/mol. The zero-order valence-electron chi connectivity index (χ0n) is 22.1. The third-order valence-corrected chi connectivity index (χ3v) is 7.57. The Labute approximate surface area is 225 Å². The molecule has 0 spiro atoms. The van der Waals surface area contributed by atoms with E-state index in [2.05, 4.69) is 16.7 Å². The van der Waals surface area contributed by atoms with Gasteiger partial charge in [-0.15, -0.1) is 0 Å². The molecule has 0 bridgehead atoms. The number of nitrogens with one attached hydrogen (secondary N) is 2. The summed E-state index contributed by atoms with van der Waals surface area (Å²) in [6.45, 7) is 9.56. The molecular formula is C25H34N3O10P. The molecule has 2 heterocycles. The first kappa shape index (κ1) is 30.5. The summed E-state index contributed by atoms with van der Waals surface area (Å²) in [7, 11) is -4.33. The molecule has 39 heavy (non-hydrogen) atoms. The summed E-state index contributed by atoms with van der Waals surface area (Å²) in [6, 6.07) is 8.07. The van der Waals surface area contributed by atoms with E-state index < -0.39 is 67.8 Å². The SMILES string of the molecule is C=C(C)[C@@]1(O)[C@H](O)[C@@H](COP(=O)(N[C@@H](CC)C(=O)OC(C)C)Oc2ccccc2)O[C@H]1n1ccc(=O)[nH]c1=O. The summed E-state index contributed by atoms with van der Waals surface area (Å²) >= 11 is 0. The number of carbonyl (C=O) groups excluding carboxylic acids is 1. The fraction of sp³-hybridized carbons (Fsp3) is 0.480. The smallest absolute Gasteiger partial charge is 0.459 e. The third-order valence-electron chi connectivity index (χ3n) is 6.01. The molecule has 1 saturated heterocycles.